The fourth-order valence-corrected chi connectivity index (χ4v) is 9.59. The van der Waals surface area contributed by atoms with E-state index in [0.717, 1.165) is 49.9 Å². The molecule has 4 heterocycles. The van der Waals surface area contributed by atoms with Crippen molar-refractivity contribution in [2.45, 2.75) is 0 Å². The van der Waals surface area contributed by atoms with E-state index in [0.29, 0.717) is 17.5 Å². The van der Waals surface area contributed by atoms with Gasteiger partial charge in [-0.25, -0.2) is 15.0 Å². The monoisotopic (exact) mass is 746 g/mol. The number of fused-ring (bicyclic) bond motifs is 9. The number of rotatable bonds is 5. The molecule has 0 N–H and O–H groups in total. The highest BCUT2D eigenvalue weighted by Gasteiger charge is 2.18. The molecule has 12 rings (SSSR count). The lowest BCUT2D eigenvalue weighted by molar-refractivity contribution is 0.669. The third kappa shape index (κ3) is 5.12. The van der Waals surface area contributed by atoms with Gasteiger partial charge in [0.15, 0.2) is 17.5 Å². The van der Waals surface area contributed by atoms with Gasteiger partial charge < -0.3 is 8.98 Å². The number of nitrogens with zero attached hydrogens (tertiary/aromatic N) is 4. The van der Waals surface area contributed by atoms with Crippen LogP contribution >= 0.6 is 11.3 Å². The molecule has 0 aliphatic heterocycles. The lowest BCUT2D eigenvalue weighted by atomic mass is 9.98. The van der Waals surface area contributed by atoms with Crippen LogP contribution in [0.2, 0.25) is 0 Å². The molecule has 5 nitrogen and oxygen atoms in total. The van der Waals surface area contributed by atoms with Crippen molar-refractivity contribution in [3.8, 4) is 51.0 Å². The van der Waals surface area contributed by atoms with Crippen LogP contribution in [0, 0.1) is 0 Å². The van der Waals surface area contributed by atoms with Crippen LogP contribution < -0.4 is 0 Å². The maximum absolute atomic E-state index is 6.68. The molecular formula is C51H30N4OS. The molecule has 0 aliphatic rings. The molecule has 0 unspecified atom stereocenters. The minimum atomic E-state index is 0.652. The highest BCUT2D eigenvalue weighted by Crippen LogP contribution is 2.43. The zero-order valence-electron chi connectivity index (χ0n) is 30.4. The Morgan fingerprint density at radius 2 is 0.947 bits per heavy atom. The molecule has 0 fully saturated rings. The topological polar surface area (TPSA) is 56.7 Å². The molecule has 12 aromatic rings. The Bertz CT molecular complexity index is 3420. The molecule has 266 valence electrons. The SMILES string of the molecule is c1ccc(-c2nc(-c3ccccc3)nc(-c3ccc4c(c3)sc3cccc(-c5ccc6c(c5)oc5cc(-n7c8ccccc8c8ccccc87)ccc56)c34)n2)cc1. The fraction of sp³-hybridized carbons (Fsp3) is 0. The van der Waals surface area contributed by atoms with Crippen molar-refractivity contribution >= 4 is 75.3 Å². The summed E-state index contributed by atoms with van der Waals surface area (Å²) in [7, 11) is 0. The van der Waals surface area contributed by atoms with Crippen molar-refractivity contribution in [1.82, 2.24) is 19.5 Å². The Hall–Kier alpha value is -7.41. The second kappa shape index (κ2) is 12.6. The second-order valence-electron chi connectivity index (χ2n) is 14.4. The minimum absolute atomic E-state index is 0.652. The smallest absolute Gasteiger partial charge is 0.164 e. The predicted octanol–water partition coefficient (Wildman–Crippen LogP) is 13.9. The van der Waals surface area contributed by atoms with Crippen LogP contribution in [-0.4, -0.2) is 19.5 Å². The van der Waals surface area contributed by atoms with Crippen molar-refractivity contribution in [3.05, 3.63) is 182 Å². The van der Waals surface area contributed by atoms with Gasteiger partial charge in [0.2, 0.25) is 0 Å². The lowest BCUT2D eigenvalue weighted by Gasteiger charge is -2.09. The summed E-state index contributed by atoms with van der Waals surface area (Å²) in [5, 5.41) is 7.14. The van der Waals surface area contributed by atoms with Crippen LogP contribution in [0.5, 0.6) is 0 Å². The van der Waals surface area contributed by atoms with Crippen molar-refractivity contribution in [2.24, 2.45) is 0 Å². The van der Waals surface area contributed by atoms with Gasteiger partial charge in [-0.1, -0.05) is 127 Å². The number of aromatic nitrogens is 4. The molecule has 0 radical (unpaired) electrons. The van der Waals surface area contributed by atoms with Crippen molar-refractivity contribution in [1.29, 1.82) is 0 Å². The number of thiophene rings is 1. The highest BCUT2D eigenvalue weighted by atomic mass is 32.1. The zero-order chi connectivity index (χ0) is 37.5. The molecule has 0 amide bonds. The first-order valence-electron chi connectivity index (χ1n) is 19.0. The molecule has 0 saturated heterocycles. The summed E-state index contributed by atoms with van der Waals surface area (Å²) >= 11 is 1.79. The van der Waals surface area contributed by atoms with Crippen LogP contribution in [0.4, 0.5) is 0 Å². The summed E-state index contributed by atoms with van der Waals surface area (Å²) in [6, 6.07) is 63.8. The summed E-state index contributed by atoms with van der Waals surface area (Å²) in [6.45, 7) is 0. The van der Waals surface area contributed by atoms with Gasteiger partial charge in [-0.05, 0) is 59.7 Å². The van der Waals surface area contributed by atoms with Gasteiger partial charge >= 0.3 is 0 Å². The summed E-state index contributed by atoms with van der Waals surface area (Å²) in [5.41, 5.74) is 10.4. The quantitative estimate of drug-likeness (QED) is 0.176. The van der Waals surface area contributed by atoms with Crippen molar-refractivity contribution in [2.75, 3.05) is 0 Å². The first kappa shape index (κ1) is 31.9. The number of hydrogen-bond donors (Lipinski definition) is 0. The maximum Gasteiger partial charge on any atom is 0.164 e. The standard InChI is InChI=1S/C51H30N4OS/c1-3-12-31(13-4-1)49-52-50(32-14-5-2-6-15-32)54-51(53-49)34-23-26-41-47(29-34)57-46-21-11-18-36(48(41)46)33-22-25-39-40-27-24-35(30-45(40)56-44(39)28-33)55-42-19-9-7-16-37(42)38-17-8-10-20-43(38)55/h1-30H. The van der Waals surface area contributed by atoms with Gasteiger partial charge in [-0.3, -0.25) is 0 Å². The molecule has 8 aromatic carbocycles. The van der Waals surface area contributed by atoms with Crippen LogP contribution in [-0.2, 0) is 0 Å². The van der Waals surface area contributed by atoms with Gasteiger partial charge in [0.25, 0.3) is 0 Å². The first-order chi connectivity index (χ1) is 28.2. The maximum atomic E-state index is 6.68. The molecule has 0 spiro atoms. The van der Waals surface area contributed by atoms with Gasteiger partial charge in [0.1, 0.15) is 11.2 Å². The number of hydrogen-bond acceptors (Lipinski definition) is 5. The zero-order valence-corrected chi connectivity index (χ0v) is 31.2. The number of para-hydroxylation sites is 2. The molecule has 0 saturated carbocycles. The Morgan fingerprint density at radius 3 is 1.63 bits per heavy atom. The molecule has 0 aliphatic carbocycles. The van der Waals surface area contributed by atoms with Gasteiger partial charge in [0.05, 0.1) is 11.0 Å². The Morgan fingerprint density at radius 1 is 0.386 bits per heavy atom. The Balaban J connectivity index is 0.959. The molecule has 57 heavy (non-hydrogen) atoms. The normalized spacial score (nSPS) is 11.9. The molecular weight excluding hydrogens is 717 g/mol. The second-order valence-corrected chi connectivity index (χ2v) is 15.5. The predicted molar refractivity (Wildman–Crippen MR) is 236 cm³/mol. The molecule has 4 aromatic heterocycles. The van der Waals surface area contributed by atoms with Crippen LogP contribution in [0.3, 0.4) is 0 Å². The molecule has 0 bridgehead atoms. The summed E-state index contributed by atoms with van der Waals surface area (Å²) in [6.07, 6.45) is 0. The first-order valence-corrected chi connectivity index (χ1v) is 19.8. The van der Waals surface area contributed by atoms with Gasteiger partial charge in [-0.2, -0.15) is 0 Å². The summed E-state index contributed by atoms with van der Waals surface area (Å²) in [4.78, 5) is 14.9. The number of furan rings is 1. The van der Waals surface area contributed by atoms with E-state index in [1.807, 2.05) is 60.7 Å². The van der Waals surface area contributed by atoms with Crippen LogP contribution in [0.15, 0.2) is 186 Å². The number of benzene rings is 8. The van der Waals surface area contributed by atoms with E-state index < -0.39 is 0 Å². The summed E-state index contributed by atoms with van der Waals surface area (Å²) in [5.74, 6) is 1.96. The average molecular weight is 747 g/mol. The van der Waals surface area contributed by atoms with E-state index in [1.165, 1.54) is 47.5 Å². The summed E-state index contributed by atoms with van der Waals surface area (Å²) < 4.78 is 11.4. The third-order valence-corrected chi connectivity index (χ3v) is 12.2. The van der Waals surface area contributed by atoms with E-state index in [9.17, 15) is 0 Å². The van der Waals surface area contributed by atoms with Gasteiger partial charge in [0, 0.05) is 70.2 Å². The highest BCUT2D eigenvalue weighted by molar-refractivity contribution is 7.26. The average Bonchev–Trinajstić information content (AvgIpc) is 3.95. The van der Waals surface area contributed by atoms with E-state index >= 15 is 0 Å². The Kier molecular flexibility index (Phi) is 7.03. The van der Waals surface area contributed by atoms with E-state index in [2.05, 4.69) is 126 Å². The molecule has 6 heteroatoms. The van der Waals surface area contributed by atoms with Crippen molar-refractivity contribution in [3.63, 3.8) is 0 Å². The fourth-order valence-electron chi connectivity index (χ4n) is 8.42. The van der Waals surface area contributed by atoms with Gasteiger partial charge in [-0.15, -0.1) is 11.3 Å². The van der Waals surface area contributed by atoms with Crippen molar-refractivity contribution < 1.29 is 4.42 Å². The molecule has 0 atom stereocenters. The third-order valence-electron chi connectivity index (χ3n) is 11.1. The van der Waals surface area contributed by atoms with Crippen LogP contribution in [0.1, 0.15) is 0 Å². The minimum Gasteiger partial charge on any atom is -0.456 e. The lowest BCUT2D eigenvalue weighted by Crippen LogP contribution is -1.99. The van der Waals surface area contributed by atoms with E-state index in [-0.39, 0.29) is 0 Å². The Labute approximate surface area is 330 Å². The van der Waals surface area contributed by atoms with E-state index in [4.69, 9.17) is 19.4 Å². The van der Waals surface area contributed by atoms with Crippen LogP contribution in [0.25, 0.3) is 115 Å². The largest absolute Gasteiger partial charge is 0.456 e. The van der Waals surface area contributed by atoms with E-state index in [1.54, 1.807) is 11.3 Å².